The van der Waals surface area contributed by atoms with Crippen molar-refractivity contribution in [2.24, 2.45) is 0 Å². The second kappa shape index (κ2) is 6.01. The largest absolute Gasteiger partial charge is 0.508 e. The topological polar surface area (TPSA) is 49.3 Å². The highest BCUT2D eigenvalue weighted by Gasteiger charge is 2.11. The third-order valence-corrected chi connectivity index (χ3v) is 3.98. The normalized spacial score (nSPS) is 16.7. The second-order valence-corrected chi connectivity index (χ2v) is 5.80. The molecule has 1 aromatic rings. The second-order valence-electron chi connectivity index (χ2n) is 4.00. The first-order valence-corrected chi connectivity index (χ1v) is 6.98. The Morgan fingerprint density at radius 3 is 2.56 bits per heavy atom. The summed E-state index contributed by atoms with van der Waals surface area (Å²) in [4.78, 5) is 0. The third kappa shape index (κ3) is 3.61. The summed E-state index contributed by atoms with van der Waals surface area (Å²) < 4.78 is 11.2. The van der Waals surface area contributed by atoms with Crippen molar-refractivity contribution in [3.05, 3.63) is 29.8 Å². The summed E-state index contributed by atoms with van der Waals surface area (Å²) in [6.45, 7) is 4.61. The Kier molecular flexibility index (Phi) is 4.96. The van der Waals surface area contributed by atoms with Crippen molar-refractivity contribution >= 4 is 10.8 Å². The van der Waals surface area contributed by atoms with Crippen molar-refractivity contribution in [2.75, 3.05) is 12.8 Å². The summed E-state index contributed by atoms with van der Waals surface area (Å²) in [5.41, 5.74) is 0.872. The number of para-hydroxylation sites is 1. The molecule has 2 N–H and O–H groups in total. The first kappa shape index (κ1) is 13.2. The molecule has 0 saturated heterocycles. The fourth-order valence-corrected chi connectivity index (χ4v) is 1.75. The highest BCUT2D eigenvalue weighted by atomic mass is 32.2. The molecule has 0 heterocycles. The highest BCUT2D eigenvalue weighted by molar-refractivity contribution is 7.84. The first-order valence-electron chi connectivity index (χ1n) is 5.36. The highest BCUT2D eigenvalue weighted by Crippen LogP contribution is 2.22. The van der Waals surface area contributed by atoms with E-state index in [4.69, 9.17) is 0 Å². The predicted octanol–water partition coefficient (Wildman–Crippen LogP) is 1.81. The molecule has 0 aliphatic heterocycles. The van der Waals surface area contributed by atoms with Crippen LogP contribution in [0.4, 0.5) is 0 Å². The SMILES string of the molecule is CC(NCC(C)S(C)=O)c1ccccc1O. The van der Waals surface area contributed by atoms with Crippen LogP contribution in [-0.4, -0.2) is 27.4 Å². The van der Waals surface area contributed by atoms with Crippen molar-refractivity contribution in [2.45, 2.75) is 25.1 Å². The van der Waals surface area contributed by atoms with Gasteiger partial charge in [0.2, 0.25) is 0 Å². The van der Waals surface area contributed by atoms with E-state index in [1.807, 2.05) is 26.0 Å². The zero-order valence-corrected chi connectivity index (χ0v) is 10.8. The molecular formula is C12H19NO2S. The van der Waals surface area contributed by atoms with Crippen LogP contribution in [0, 0.1) is 0 Å². The Morgan fingerprint density at radius 2 is 2.00 bits per heavy atom. The lowest BCUT2D eigenvalue weighted by Gasteiger charge is -2.17. The van der Waals surface area contributed by atoms with E-state index >= 15 is 0 Å². The van der Waals surface area contributed by atoms with Gasteiger partial charge in [0.1, 0.15) is 5.75 Å². The van der Waals surface area contributed by atoms with Crippen LogP contribution < -0.4 is 5.32 Å². The summed E-state index contributed by atoms with van der Waals surface area (Å²) in [5.74, 6) is 0.299. The predicted molar refractivity (Wildman–Crippen MR) is 68.1 cm³/mol. The molecule has 90 valence electrons. The molecule has 3 atom stereocenters. The Balaban J connectivity index is 2.56. The van der Waals surface area contributed by atoms with Gasteiger partial charge in [-0.2, -0.15) is 0 Å². The molecule has 3 nitrogen and oxygen atoms in total. The van der Waals surface area contributed by atoms with E-state index in [1.165, 1.54) is 0 Å². The van der Waals surface area contributed by atoms with Crippen molar-refractivity contribution in [3.8, 4) is 5.75 Å². The van der Waals surface area contributed by atoms with E-state index < -0.39 is 10.8 Å². The first-order chi connectivity index (χ1) is 7.52. The number of aromatic hydroxyl groups is 1. The van der Waals surface area contributed by atoms with Crippen LogP contribution in [0.2, 0.25) is 0 Å². The van der Waals surface area contributed by atoms with Crippen LogP contribution in [-0.2, 0) is 10.8 Å². The van der Waals surface area contributed by atoms with Crippen molar-refractivity contribution < 1.29 is 9.32 Å². The average molecular weight is 241 g/mol. The molecule has 0 spiro atoms. The van der Waals surface area contributed by atoms with Crippen LogP contribution in [0.5, 0.6) is 5.75 Å². The lowest BCUT2D eigenvalue weighted by Crippen LogP contribution is -2.29. The fraction of sp³-hybridized carbons (Fsp3) is 0.500. The molecule has 1 rings (SSSR count). The summed E-state index contributed by atoms with van der Waals surface area (Å²) in [7, 11) is -0.813. The zero-order chi connectivity index (χ0) is 12.1. The summed E-state index contributed by atoms with van der Waals surface area (Å²) in [6, 6.07) is 7.33. The average Bonchev–Trinajstić information content (AvgIpc) is 2.25. The minimum absolute atomic E-state index is 0.0622. The molecule has 0 aromatic heterocycles. The minimum atomic E-state index is -0.813. The van der Waals surface area contributed by atoms with Crippen LogP contribution in [0.15, 0.2) is 24.3 Å². The Morgan fingerprint density at radius 1 is 1.38 bits per heavy atom. The van der Waals surface area contributed by atoms with E-state index in [1.54, 1.807) is 18.4 Å². The summed E-state index contributed by atoms with van der Waals surface area (Å²) >= 11 is 0. The van der Waals surface area contributed by atoms with Crippen molar-refractivity contribution in [1.82, 2.24) is 5.32 Å². The molecule has 0 saturated carbocycles. The molecule has 16 heavy (non-hydrogen) atoms. The van der Waals surface area contributed by atoms with Gasteiger partial charge in [0, 0.05) is 40.5 Å². The van der Waals surface area contributed by atoms with Gasteiger partial charge in [-0.15, -0.1) is 0 Å². The molecular weight excluding hydrogens is 222 g/mol. The van der Waals surface area contributed by atoms with Crippen LogP contribution in [0.1, 0.15) is 25.5 Å². The van der Waals surface area contributed by atoms with Gasteiger partial charge in [0.25, 0.3) is 0 Å². The van der Waals surface area contributed by atoms with Gasteiger partial charge in [0.05, 0.1) is 0 Å². The summed E-state index contributed by atoms with van der Waals surface area (Å²) in [6.07, 6.45) is 1.71. The van der Waals surface area contributed by atoms with Gasteiger partial charge in [0.15, 0.2) is 0 Å². The number of benzene rings is 1. The maximum absolute atomic E-state index is 11.2. The fourth-order valence-electron chi connectivity index (χ4n) is 1.42. The molecule has 0 radical (unpaired) electrons. The van der Waals surface area contributed by atoms with Gasteiger partial charge < -0.3 is 10.4 Å². The number of phenolic OH excluding ortho intramolecular Hbond substituents is 1. The molecule has 3 unspecified atom stereocenters. The van der Waals surface area contributed by atoms with Gasteiger partial charge in [-0.25, -0.2) is 0 Å². The molecule has 0 amide bonds. The number of phenols is 1. The monoisotopic (exact) mass is 241 g/mol. The molecule has 0 fully saturated rings. The zero-order valence-electron chi connectivity index (χ0n) is 9.93. The van der Waals surface area contributed by atoms with Crippen LogP contribution >= 0.6 is 0 Å². The van der Waals surface area contributed by atoms with E-state index in [9.17, 15) is 9.32 Å². The quantitative estimate of drug-likeness (QED) is 0.826. The van der Waals surface area contributed by atoms with Crippen LogP contribution in [0.25, 0.3) is 0 Å². The summed E-state index contributed by atoms with van der Waals surface area (Å²) in [5, 5.41) is 13.0. The standard InChI is InChI=1S/C12H19NO2S/c1-9(16(3)15)8-13-10(2)11-6-4-5-7-12(11)14/h4-7,9-10,13-14H,8H2,1-3H3. The van der Waals surface area contributed by atoms with Crippen molar-refractivity contribution in [1.29, 1.82) is 0 Å². The number of hydrogen-bond acceptors (Lipinski definition) is 3. The molecule has 4 heteroatoms. The molecule has 0 bridgehead atoms. The van der Waals surface area contributed by atoms with Crippen LogP contribution in [0.3, 0.4) is 0 Å². The lowest BCUT2D eigenvalue weighted by molar-refractivity contribution is 0.453. The lowest BCUT2D eigenvalue weighted by atomic mass is 10.1. The van der Waals surface area contributed by atoms with Gasteiger partial charge >= 0.3 is 0 Å². The molecule has 0 aliphatic carbocycles. The third-order valence-electron chi connectivity index (χ3n) is 2.68. The number of hydrogen-bond donors (Lipinski definition) is 2. The Labute approximate surface area is 99.3 Å². The minimum Gasteiger partial charge on any atom is -0.508 e. The van der Waals surface area contributed by atoms with Gasteiger partial charge in [-0.05, 0) is 19.9 Å². The number of rotatable bonds is 5. The van der Waals surface area contributed by atoms with Gasteiger partial charge in [-0.3, -0.25) is 4.21 Å². The number of nitrogens with one attached hydrogen (secondary N) is 1. The van der Waals surface area contributed by atoms with E-state index in [2.05, 4.69) is 5.32 Å². The van der Waals surface area contributed by atoms with E-state index in [0.29, 0.717) is 12.3 Å². The van der Waals surface area contributed by atoms with E-state index in [0.717, 1.165) is 5.56 Å². The Bertz CT molecular complexity index is 368. The van der Waals surface area contributed by atoms with Gasteiger partial charge in [-0.1, -0.05) is 18.2 Å². The molecule has 1 aromatic carbocycles. The Hall–Kier alpha value is -0.870. The maximum Gasteiger partial charge on any atom is 0.120 e. The van der Waals surface area contributed by atoms with E-state index in [-0.39, 0.29) is 11.3 Å². The maximum atomic E-state index is 11.2. The molecule has 0 aliphatic rings. The van der Waals surface area contributed by atoms with Crippen molar-refractivity contribution in [3.63, 3.8) is 0 Å². The smallest absolute Gasteiger partial charge is 0.120 e.